The fourth-order valence-electron chi connectivity index (χ4n) is 3.22. The van der Waals surface area contributed by atoms with Crippen molar-refractivity contribution in [2.75, 3.05) is 13.1 Å². The molecule has 0 spiro atoms. The van der Waals surface area contributed by atoms with E-state index in [0.29, 0.717) is 35.9 Å². The molecule has 1 saturated heterocycles. The molecule has 118 valence electrons. The number of pyridine rings is 1. The summed E-state index contributed by atoms with van der Waals surface area (Å²) in [5, 5.41) is 6.40. The lowest BCUT2D eigenvalue weighted by Gasteiger charge is -2.09. The fraction of sp³-hybridized carbons (Fsp3) is 0.333. The first-order valence-electron chi connectivity index (χ1n) is 7.95. The molecule has 2 aromatic rings. The second kappa shape index (κ2) is 6.01. The van der Waals surface area contributed by atoms with Crippen LogP contribution in [-0.2, 0) is 6.61 Å². The molecule has 1 aliphatic carbocycles. The van der Waals surface area contributed by atoms with E-state index in [0.717, 1.165) is 18.7 Å². The summed E-state index contributed by atoms with van der Waals surface area (Å²) in [6.45, 7) is 2.48. The highest BCUT2D eigenvalue weighted by Crippen LogP contribution is 2.41. The minimum absolute atomic E-state index is 0.116. The highest BCUT2D eigenvalue weighted by atomic mass is 16.5. The van der Waals surface area contributed by atoms with E-state index in [1.54, 1.807) is 18.3 Å². The molecule has 2 heterocycles. The van der Waals surface area contributed by atoms with Gasteiger partial charge in [0.15, 0.2) is 0 Å². The van der Waals surface area contributed by atoms with Crippen LogP contribution in [0.4, 0.5) is 0 Å². The summed E-state index contributed by atoms with van der Waals surface area (Å²) in [7, 11) is 0. The van der Waals surface area contributed by atoms with Crippen molar-refractivity contribution in [3.63, 3.8) is 0 Å². The van der Waals surface area contributed by atoms with E-state index in [9.17, 15) is 4.79 Å². The number of benzene rings is 1. The van der Waals surface area contributed by atoms with Gasteiger partial charge in [-0.1, -0.05) is 30.3 Å². The predicted octanol–water partition coefficient (Wildman–Crippen LogP) is 1.61. The van der Waals surface area contributed by atoms with Crippen molar-refractivity contribution in [1.82, 2.24) is 15.6 Å². The van der Waals surface area contributed by atoms with Crippen molar-refractivity contribution in [3.8, 4) is 5.75 Å². The van der Waals surface area contributed by atoms with Gasteiger partial charge in [-0.15, -0.1) is 0 Å². The number of fused-ring (bicyclic) bond motifs is 1. The first kappa shape index (κ1) is 14.2. The lowest BCUT2D eigenvalue weighted by Crippen LogP contribution is -2.32. The van der Waals surface area contributed by atoms with Crippen molar-refractivity contribution in [1.29, 1.82) is 0 Å². The van der Waals surface area contributed by atoms with E-state index in [4.69, 9.17) is 4.74 Å². The average molecular weight is 309 g/mol. The summed E-state index contributed by atoms with van der Waals surface area (Å²) in [4.78, 5) is 16.5. The zero-order valence-corrected chi connectivity index (χ0v) is 12.7. The lowest BCUT2D eigenvalue weighted by atomic mass is 10.2. The number of ether oxygens (including phenoxy) is 1. The number of hydrogen-bond donors (Lipinski definition) is 2. The molecule has 1 unspecified atom stereocenters. The van der Waals surface area contributed by atoms with Crippen molar-refractivity contribution < 1.29 is 9.53 Å². The van der Waals surface area contributed by atoms with Gasteiger partial charge >= 0.3 is 0 Å². The second-order valence-electron chi connectivity index (χ2n) is 6.14. The molecular formula is C18H19N3O2. The Balaban J connectivity index is 1.37. The predicted molar refractivity (Wildman–Crippen MR) is 86.1 cm³/mol. The molecule has 2 N–H and O–H groups in total. The summed E-state index contributed by atoms with van der Waals surface area (Å²) >= 11 is 0. The maximum absolute atomic E-state index is 12.3. The normalized spacial score (nSPS) is 24.8. The fourth-order valence-corrected chi connectivity index (χ4v) is 3.22. The van der Waals surface area contributed by atoms with Gasteiger partial charge in [0.25, 0.3) is 5.91 Å². The summed E-state index contributed by atoms with van der Waals surface area (Å²) in [6.07, 6.45) is 1.62. The number of aromatic nitrogens is 1. The summed E-state index contributed by atoms with van der Waals surface area (Å²) in [5.74, 6) is 1.73. The van der Waals surface area contributed by atoms with E-state index in [-0.39, 0.29) is 5.91 Å². The minimum atomic E-state index is -0.116. The summed E-state index contributed by atoms with van der Waals surface area (Å²) in [6, 6.07) is 13.7. The van der Waals surface area contributed by atoms with Crippen LogP contribution in [0.3, 0.4) is 0 Å². The largest absolute Gasteiger partial charge is 0.489 e. The molecule has 2 fully saturated rings. The molecule has 2 aliphatic rings. The van der Waals surface area contributed by atoms with Crippen LogP contribution >= 0.6 is 0 Å². The van der Waals surface area contributed by atoms with Crippen molar-refractivity contribution in [2.24, 2.45) is 11.8 Å². The van der Waals surface area contributed by atoms with Gasteiger partial charge in [-0.3, -0.25) is 9.78 Å². The van der Waals surface area contributed by atoms with Gasteiger partial charge in [-0.05, 0) is 23.5 Å². The van der Waals surface area contributed by atoms with E-state index in [1.165, 1.54) is 0 Å². The van der Waals surface area contributed by atoms with Crippen LogP contribution in [0.5, 0.6) is 5.75 Å². The molecule has 5 heteroatoms. The summed E-state index contributed by atoms with van der Waals surface area (Å²) < 4.78 is 5.75. The first-order valence-corrected chi connectivity index (χ1v) is 7.95. The Labute approximate surface area is 135 Å². The van der Waals surface area contributed by atoms with Gasteiger partial charge in [0, 0.05) is 31.4 Å². The Morgan fingerprint density at radius 1 is 1.22 bits per heavy atom. The number of amides is 1. The summed E-state index contributed by atoms with van der Waals surface area (Å²) in [5.41, 5.74) is 1.50. The van der Waals surface area contributed by atoms with Crippen LogP contribution in [0.2, 0.25) is 0 Å². The van der Waals surface area contributed by atoms with Gasteiger partial charge in [0.05, 0.1) is 0 Å². The molecule has 1 aromatic carbocycles. The highest BCUT2D eigenvalue weighted by Gasteiger charge is 2.53. The van der Waals surface area contributed by atoms with Crippen LogP contribution < -0.4 is 15.4 Å². The molecule has 23 heavy (non-hydrogen) atoms. The van der Waals surface area contributed by atoms with Gasteiger partial charge in [-0.25, -0.2) is 0 Å². The topological polar surface area (TPSA) is 63.2 Å². The third-order valence-electron chi connectivity index (χ3n) is 4.60. The standard InChI is InChI=1S/C18H19N3O2/c22-18(21-17-14-9-19-10-15(14)17)16-8-13(6-7-20-16)23-11-12-4-2-1-3-5-12/h1-8,14-15,17,19H,9-11H2,(H,21,22)/t14-,15+,17?. The number of carbonyl (C=O) groups is 1. The highest BCUT2D eigenvalue weighted by molar-refractivity contribution is 5.93. The Morgan fingerprint density at radius 3 is 2.78 bits per heavy atom. The average Bonchev–Trinajstić information content (AvgIpc) is 3.02. The molecule has 0 bridgehead atoms. The van der Waals surface area contributed by atoms with E-state index >= 15 is 0 Å². The van der Waals surface area contributed by atoms with Gasteiger partial charge in [-0.2, -0.15) is 0 Å². The van der Waals surface area contributed by atoms with Crippen molar-refractivity contribution in [2.45, 2.75) is 12.6 Å². The second-order valence-corrected chi connectivity index (χ2v) is 6.14. The van der Waals surface area contributed by atoms with Crippen LogP contribution in [0.25, 0.3) is 0 Å². The van der Waals surface area contributed by atoms with Crippen LogP contribution in [0.1, 0.15) is 16.1 Å². The third kappa shape index (κ3) is 3.05. The Morgan fingerprint density at radius 2 is 2.00 bits per heavy atom. The molecule has 0 radical (unpaired) electrons. The molecule has 1 aliphatic heterocycles. The van der Waals surface area contributed by atoms with Crippen LogP contribution in [0, 0.1) is 11.8 Å². The lowest BCUT2D eigenvalue weighted by molar-refractivity contribution is 0.0941. The van der Waals surface area contributed by atoms with Gasteiger partial charge < -0.3 is 15.4 Å². The quantitative estimate of drug-likeness (QED) is 0.881. The smallest absolute Gasteiger partial charge is 0.270 e. The zero-order chi connectivity index (χ0) is 15.6. The van der Waals surface area contributed by atoms with E-state index < -0.39 is 0 Å². The number of nitrogens with one attached hydrogen (secondary N) is 2. The molecular weight excluding hydrogens is 290 g/mol. The molecule has 3 atom stereocenters. The van der Waals surface area contributed by atoms with Crippen LogP contribution in [-0.4, -0.2) is 30.0 Å². The monoisotopic (exact) mass is 309 g/mol. The minimum Gasteiger partial charge on any atom is -0.489 e. The molecule has 1 amide bonds. The third-order valence-corrected chi connectivity index (χ3v) is 4.60. The maximum Gasteiger partial charge on any atom is 0.270 e. The number of piperidine rings is 1. The number of rotatable bonds is 5. The number of hydrogen-bond acceptors (Lipinski definition) is 4. The van der Waals surface area contributed by atoms with E-state index in [1.807, 2.05) is 30.3 Å². The Kier molecular flexibility index (Phi) is 3.71. The first-order chi connectivity index (χ1) is 11.3. The molecule has 1 saturated carbocycles. The Bertz CT molecular complexity index is 694. The van der Waals surface area contributed by atoms with Gasteiger partial charge in [0.1, 0.15) is 18.1 Å². The Hall–Kier alpha value is -2.40. The SMILES string of the molecule is O=C(NC1[C@H]2CNC[C@@H]12)c1cc(OCc2ccccc2)ccn1. The van der Waals surface area contributed by atoms with Crippen molar-refractivity contribution >= 4 is 5.91 Å². The molecule has 5 nitrogen and oxygen atoms in total. The van der Waals surface area contributed by atoms with Gasteiger partial charge in [0.2, 0.25) is 0 Å². The number of carbonyl (C=O) groups excluding carboxylic acids is 1. The number of nitrogens with zero attached hydrogens (tertiary/aromatic N) is 1. The maximum atomic E-state index is 12.3. The zero-order valence-electron chi connectivity index (χ0n) is 12.7. The molecule has 1 aromatic heterocycles. The van der Waals surface area contributed by atoms with E-state index in [2.05, 4.69) is 15.6 Å². The molecule has 4 rings (SSSR count). The van der Waals surface area contributed by atoms with Crippen LogP contribution in [0.15, 0.2) is 48.7 Å². The van der Waals surface area contributed by atoms with Crippen molar-refractivity contribution in [3.05, 3.63) is 59.9 Å².